The van der Waals surface area contributed by atoms with E-state index in [1.807, 2.05) is 19.1 Å². The zero-order chi connectivity index (χ0) is 21.0. The summed E-state index contributed by atoms with van der Waals surface area (Å²) in [6.45, 7) is 5.92. The van der Waals surface area contributed by atoms with Crippen LogP contribution in [-0.4, -0.2) is 76.4 Å². The lowest BCUT2D eigenvalue weighted by atomic mass is 9.98. The first-order valence-electron chi connectivity index (χ1n) is 10.2. The molecule has 2 saturated heterocycles. The van der Waals surface area contributed by atoms with Gasteiger partial charge in [0.05, 0.1) is 25.2 Å². The van der Waals surface area contributed by atoms with Crippen LogP contribution < -0.4 is 10.2 Å². The molecule has 0 aromatic heterocycles. The Hall–Kier alpha value is -1.68. The van der Waals surface area contributed by atoms with Crippen LogP contribution in [-0.2, 0) is 19.7 Å². The van der Waals surface area contributed by atoms with Crippen molar-refractivity contribution in [3.8, 4) is 0 Å². The summed E-state index contributed by atoms with van der Waals surface area (Å²) in [4.78, 5) is 15.1. The van der Waals surface area contributed by atoms with E-state index in [1.54, 1.807) is 0 Å². The van der Waals surface area contributed by atoms with Gasteiger partial charge in [0.2, 0.25) is 5.91 Å². The Morgan fingerprint density at radius 2 is 1.83 bits per heavy atom. The second-order valence-electron chi connectivity index (χ2n) is 7.91. The molecule has 1 aromatic rings. The minimum absolute atomic E-state index is 0.0894. The molecule has 0 spiro atoms. The number of hydrogen-bond acceptors (Lipinski definition) is 5. The largest absolute Gasteiger partial charge is 0.378 e. The van der Waals surface area contributed by atoms with Crippen molar-refractivity contribution >= 4 is 21.8 Å². The maximum atomic E-state index is 12.8. The van der Waals surface area contributed by atoms with Gasteiger partial charge in [-0.15, -0.1) is 0 Å². The molecule has 0 radical (unpaired) electrons. The van der Waals surface area contributed by atoms with E-state index in [4.69, 9.17) is 4.74 Å². The van der Waals surface area contributed by atoms with Crippen molar-refractivity contribution in [3.63, 3.8) is 0 Å². The molecule has 1 N–H and O–H groups in total. The first kappa shape index (κ1) is 22.0. The summed E-state index contributed by atoms with van der Waals surface area (Å²) in [6, 6.07) is 8.10. The summed E-state index contributed by atoms with van der Waals surface area (Å²) in [5.74, 6) is -0.415. The van der Waals surface area contributed by atoms with Crippen molar-refractivity contribution in [2.45, 2.75) is 25.8 Å². The number of carbonyl (C=O) groups is 1. The Labute approximate surface area is 174 Å². The van der Waals surface area contributed by atoms with E-state index in [0.29, 0.717) is 19.4 Å². The molecule has 8 nitrogen and oxygen atoms in total. The molecule has 162 valence electrons. The van der Waals surface area contributed by atoms with Crippen LogP contribution in [0.3, 0.4) is 0 Å². The third-order valence-corrected chi connectivity index (χ3v) is 7.58. The second kappa shape index (κ2) is 9.42. The van der Waals surface area contributed by atoms with Gasteiger partial charge in [0.1, 0.15) is 0 Å². The minimum Gasteiger partial charge on any atom is -0.378 e. The number of nitrogens with one attached hydrogen (secondary N) is 1. The summed E-state index contributed by atoms with van der Waals surface area (Å²) >= 11 is 0. The Kier molecular flexibility index (Phi) is 7.15. The molecule has 2 atom stereocenters. The van der Waals surface area contributed by atoms with Gasteiger partial charge in [0.25, 0.3) is 10.2 Å². The molecular weight excluding hydrogens is 392 g/mol. The molecule has 2 fully saturated rings. The molecule has 29 heavy (non-hydrogen) atoms. The van der Waals surface area contributed by atoms with E-state index < -0.39 is 10.2 Å². The van der Waals surface area contributed by atoms with Crippen LogP contribution in [0.5, 0.6) is 0 Å². The summed E-state index contributed by atoms with van der Waals surface area (Å²) < 4.78 is 32.7. The summed E-state index contributed by atoms with van der Waals surface area (Å²) in [6.07, 6.45) is 1.39. The highest BCUT2D eigenvalue weighted by atomic mass is 32.2. The smallest absolute Gasteiger partial charge is 0.281 e. The molecule has 1 aromatic carbocycles. The van der Waals surface area contributed by atoms with Crippen molar-refractivity contribution in [3.05, 3.63) is 29.8 Å². The summed E-state index contributed by atoms with van der Waals surface area (Å²) in [5.41, 5.74) is 2.19. The Balaban J connectivity index is 1.58. The predicted octanol–water partition coefficient (Wildman–Crippen LogP) is 1.22. The first-order chi connectivity index (χ1) is 13.8. The number of amides is 1. The molecule has 2 aliphatic heterocycles. The Morgan fingerprint density at radius 3 is 2.45 bits per heavy atom. The zero-order valence-electron chi connectivity index (χ0n) is 17.5. The number of hydrogen-bond donors (Lipinski definition) is 1. The van der Waals surface area contributed by atoms with Gasteiger partial charge < -0.3 is 15.0 Å². The molecule has 2 heterocycles. The maximum absolute atomic E-state index is 12.8. The number of carbonyl (C=O) groups excluding carboxylic acids is 1. The average Bonchev–Trinajstić information content (AvgIpc) is 2.74. The van der Waals surface area contributed by atoms with Crippen LogP contribution >= 0.6 is 0 Å². The molecule has 1 amide bonds. The quantitative estimate of drug-likeness (QED) is 0.743. The molecule has 3 rings (SSSR count). The lowest BCUT2D eigenvalue weighted by Crippen LogP contribution is -2.49. The number of nitrogens with zero attached hydrogens (tertiary/aromatic N) is 3. The van der Waals surface area contributed by atoms with Gasteiger partial charge in [-0.3, -0.25) is 4.79 Å². The van der Waals surface area contributed by atoms with Gasteiger partial charge in [-0.1, -0.05) is 12.1 Å². The van der Waals surface area contributed by atoms with Crippen molar-refractivity contribution in [2.75, 3.05) is 58.4 Å². The zero-order valence-corrected chi connectivity index (χ0v) is 18.3. The molecule has 0 saturated carbocycles. The third kappa shape index (κ3) is 5.28. The van der Waals surface area contributed by atoms with E-state index in [1.165, 1.54) is 22.7 Å². The minimum atomic E-state index is -3.49. The first-order valence-corrected chi connectivity index (χ1v) is 11.6. The van der Waals surface area contributed by atoms with Gasteiger partial charge in [-0.25, -0.2) is 0 Å². The van der Waals surface area contributed by atoms with Crippen LogP contribution in [0.2, 0.25) is 0 Å². The van der Waals surface area contributed by atoms with Crippen molar-refractivity contribution in [1.29, 1.82) is 0 Å². The average molecular weight is 425 g/mol. The highest BCUT2D eigenvalue weighted by Gasteiger charge is 2.33. The topological polar surface area (TPSA) is 82.2 Å². The van der Waals surface area contributed by atoms with E-state index in [9.17, 15) is 13.2 Å². The Bertz CT molecular complexity index is 791. The fraction of sp³-hybridized carbons (Fsp3) is 0.650. The third-order valence-electron chi connectivity index (χ3n) is 5.67. The maximum Gasteiger partial charge on any atom is 0.281 e. The van der Waals surface area contributed by atoms with Gasteiger partial charge in [-0.2, -0.15) is 17.0 Å². The van der Waals surface area contributed by atoms with Gasteiger partial charge in [0, 0.05) is 46.0 Å². The number of morpholine rings is 1. The van der Waals surface area contributed by atoms with Gasteiger partial charge in [0.15, 0.2) is 0 Å². The van der Waals surface area contributed by atoms with Crippen LogP contribution in [0.15, 0.2) is 24.3 Å². The fourth-order valence-electron chi connectivity index (χ4n) is 3.81. The summed E-state index contributed by atoms with van der Waals surface area (Å²) in [5, 5.41) is 3.06. The van der Waals surface area contributed by atoms with Crippen molar-refractivity contribution < 1.29 is 17.9 Å². The van der Waals surface area contributed by atoms with E-state index in [-0.39, 0.29) is 24.4 Å². The van der Waals surface area contributed by atoms with Gasteiger partial charge in [-0.05, 0) is 37.5 Å². The molecule has 2 aliphatic rings. The fourth-order valence-corrected chi connectivity index (χ4v) is 5.00. The number of piperidine rings is 1. The monoisotopic (exact) mass is 424 g/mol. The lowest BCUT2D eigenvalue weighted by Gasteiger charge is -2.33. The SMILES string of the molecule is C[C@@H](NC(=O)[C@@H]1CCCN(S(=O)(=O)N(C)C)C1)c1ccc(N2CCOCC2)cc1. The number of benzene rings is 1. The van der Waals surface area contributed by atoms with Crippen LogP contribution in [0.4, 0.5) is 5.69 Å². The van der Waals surface area contributed by atoms with Crippen molar-refractivity contribution in [2.24, 2.45) is 5.92 Å². The number of ether oxygens (including phenoxy) is 1. The molecule has 0 unspecified atom stereocenters. The lowest BCUT2D eigenvalue weighted by molar-refractivity contribution is -0.126. The number of anilines is 1. The van der Waals surface area contributed by atoms with Crippen molar-refractivity contribution in [1.82, 2.24) is 13.9 Å². The van der Waals surface area contributed by atoms with Gasteiger partial charge >= 0.3 is 0 Å². The number of rotatable bonds is 6. The van der Waals surface area contributed by atoms with E-state index in [0.717, 1.165) is 37.6 Å². The van der Waals surface area contributed by atoms with Crippen LogP contribution in [0.1, 0.15) is 31.4 Å². The Morgan fingerprint density at radius 1 is 1.17 bits per heavy atom. The normalized spacial score (nSPS) is 22.5. The summed E-state index contributed by atoms with van der Waals surface area (Å²) in [7, 11) is -0.458. The highest BCUT2D eigenvalue weighted by Crippen LogP contribution is 2.23. The van der Waals surface area contributed by atoms with Crippen LogP contribution in [0.25, 0.3) is 0 Å². The van der Waals surface area contributed by atoms with E-state index >= 15 is 0 Å². The molecule has 0 bridgehead atoms. The highest BCUT2D eigenvalue weighted by molar-refractivity contribution is 7.86. The van der Waals surface area contributed by atoms with Crippen LogP contribution in [0, 0.1) is 5.92 Å². The standard InChI is InChI=1S/C20H32N4O4S/c1-16(17-6-8-19(9-7-17)23-11-13-28-14-12-23)21-20(25)18-5-4-10-24(15-18)29(26,27)22(2)3/h6-9,16,18H,4-5,10-15H2,1-3H3,(H,21,25)/t16-,18-/m1/s1. The van der Waals surface area contributed by atoms with E-state index in [2.05, 4.69) is 22.3 Å². The molecular formula is C20H32N4O4S. The second-order valence-corrected chi connectivity index (χ2v) is 10.1. The molecule has 9 heteroatoms. The predicted molar refractivity (Wildman–Crippen MR) is 113 cm³/mol. The molecule has 0 aliphatic carbocycles.